The van der Waals surface area contributed by atoms with E-state index >= 15 is 0 Å². The smallest absolute Gasteiger partial charge is 0.254 e. The fourth-order valence-electron chi connectivity index (χ4n) is 4.87. The summed E-state index contributed by atoms with van der Waals surface area (Å²) >= 11 is 0. The molecule has 5 rings (SSSR count). The molecule has 1 aromatic heterocycles. The van der Waals surface area contributed by atoms with Crippen molar-refractivity contribution < 1.29 is 9.18 Å². The Hall–Kier alpha value is -3.37. The minimum Gasteiger partial charge on any atom is -0.379 e. The third-order valence-electron chi connectivity index (χ3n) is 7.18. The number of nitrogens with zero attached hydrogens (tertiary/aromatic N) is 3. The normalized spacial score (nSPS) is 16.0. The number of carbonyl (C=O) groups excluding carboxylic acids is 1. The standard InChI is InChI=1S/C27H30FN5O/c1-17-18(2)33(16-19-3-4-19)26-24(17)12-21(27(34)32-9-7-30-8-10-32)13-25(26)31-15-20-5-6-23(28)11-22(20)14-29/h5-6,11-13,19,30-31H,3-4,7-10,15-16H2,1-2H3. The molecule has 0 unspecified atom stereocenters. The first kappa shape index (κ1) is 22.4. The lowest BCUT2D eigenvalue weighted by Crippen LogP contribution is -2.46. The summed E-state index contributed by atoms with van der Waals surface area (Å²) in [6.07, 6.45) is 2.50. The van der Waals surface area contributed by atoms with Crippen LogP contribution in [0.25, 0.3) is 10.9 Å². The van der Waals surface area contributed by atoms with Gasteiger partial charge in [-0.1, -0.05) is 6.07 Å². The van der Waals surface area contributed by atoms with Gasteiger partial charge in [-0.2, -0.15) is 5.26 Å². The van der Waals surface area contributed by atoms with Crippen LogP contribution in [-0.4, -0.2) is 41.6 Å². The predicted molar refractivity (Wildman–Crippen MR) is 131 cm³/mol. The van der Waals surface area contributed by atoms with E-state index in [4.69, 9.17) is 0 Å². The first-order valence-corrected chi connectivity index (χ1v) is 12.0. The third-order valence-corrected chi connectivity index (χ3v) is 7.18. The summed E-state index contributed by atoms with van der Waals surface area (Å²) < 4.78 is 16.0. The lowest BCUT2D eigenvalue weighted by Gasteiger charge is -2.27. The van der Waals surface area contributed by atoms with Gasteiger partial charge in [-0.25, -0.2) is 4.39 Å². The van der Waals surface area contributed by atoms with Crippen LogP contribution in [-0.2, 0) is 13.1 Å². The number of anilines is 1. The molecule has 7 heteroatoms. The molecule has 2 aliphatic rings. The summed E-state index contributed by atoms with van der Waals surface area (Å²) in [7, 11) is 0. The van der Waals surface area contributed by atoms with Crippen LogP contribution in [0.5, 0.6) is 0 Å². The van der Waals surface area contributed by atoms with Gasteiger partial charge in [0.25, 0.3) is 5.91 Å². The summed E-state index contributed by atoms with van der Waals surface area (Å²) in [6, 6.07) is 10.4. The first-order chi connectivity index (χ1) is 16.5. The Morgan fingerprint density at radius 2 is 1.97 bits per heavy atom. The van der Waals surface area contributed by atoms with Gasteiger partial charge < -0.3 is 20.1 Å². The second kappa shape index (κ2) is 9.11. The Morgan fingerprint density at radius 1 is 1.21 bits per heavy atom. The molecule has 1 aliphatic heterocycles. The summed E-state index contributed by atoms with van der Waals surface area (Å²) in [5.74, 6) is 0.319. The van der Waals surface area contributed by atoms with Crippen molar-refractivity contribution in [3.8, 4) is 6.07 Å². The summed E-state index contributed by atoms with van der Waals surface area (Å²) in [5.41, 5.74) is 6.09. The van der Waals surface area contributed by atoms with Gasteiger partial charge >= 0.3 is 0 Å². The molecule has 34 heavy (non-hydrogen) atoms. The van der Waals surface area contributed by atoms with Crippen LogP contribution in [0.4, 0.5) is 10.1 Å². The molecule has 2 N–H and O–H groups in total. The maximum atomic E-state index is 13.6. The molecule has 1 saturated carbocycles. The molecule has 2 aromatic carbocycles. The zero-order valence-electron chi connectivity index (χ0n) is 19.7. The predicted octanol–water partition coefficient (Wildman–Crippen LogP) is 4.34. The van der Waals surface area contributed by atoms with Crippen LogP contribution in [0.3, 0.4) is 0 Å². The van der Waals surface area contributed by atoms with Crippen LogP contribution < -0.4 is 10.6 Å². The monoisotopic (exact) mass is 459 g/mol. The van der Waals surface area contributed by atoms with Crippen LogP contribution in [0, 0.1) is 36.9 Å². The maximum absolute atomic E-state index is 13.6. The molecule has 0 bridgehead atoms. The second-order valence-electron chi connectivity index (χ2n) is 9.49. The van der Waals surface area contributed by atoms with Gasteiger partial charge in [0.15, 0.2) is 0 Å². The summed E-state index contributed by atoms with van der Waals surface area (Å²) in [4.78, 5) is 15.3. The minimum atomic E-state index is -0.420. The third kappa shape index (κ3) is 4.26. The number of hydrogen-bond acceptors (Lipinski definition) is 4. The van der Waals surface area contributed by atoms with Crippen molar-refractivity contribution in [2.75, 3.05) is 31.5 Å². The molecule has 3 aromatic rings. The minimum absolute atomic E-state index is 0.0398. The van der Waals surface area contributed by atoms with Crippen molar-refractivity contribution in [1.29, 1.82) is 5.26 Å². The average Bonchev–Trinajstić information content (AvgIpc) is 3.65. The van der Waals surface area contributed by atoms with E-state index in [9.17, 15) is 14.4 Å². The Kier molecular flexibility index (Phi) is 6.01. The quantitative estimate of drug-likeness (QED) is 0.575. The van der Waals surface area contributed by atoms with Crippen molar-refractivity contribution in [2.45, 2.75) is 39.8 Å². The highest BCUT2D eigenvalue weighted by molar-refractivity contribution is 6.04. The molecular weight excluding hydrogens is 429 g/mol. The Morgan fingerprint density at radius 3 is 2.68 bits per heavy atom. The molecule has 2 heterocycles. The number of rotatable bonds is 6. The van der Waals surface area contributed by atoms with Crippen LogP contribution in [0.2, 0.25) is 0 Å². The number of halogens is 1. The molecule has 1 amide bonds. The number of aromatic nitrogens is 1. The molecule has 0 atom stereocenters. The number of carbonyl (C=O) groups is 1. The highest BCUT2D eigenvalue weighted by Gasteiger charge is 2.26. The Balaban J connectivity index is 1.57. The molecule has 1 aliphatic carbocycles. The fourth-order valence-corrected chi connectivity index (χ4v) is 4.87. The lowest BCUT2D eigenvalue weighted by atomic mass is 10.0. The number of aryl methyl sites for hydroxylation is 1. The second-order valence-corrected chi connectivity index (χ2v) is 9.49. The molecule has 6 nitrogen and oxygen atoms in total. The van der Waals surface area contributed by atoms with Crippen LogP contribution >= 0.6 is 0 Å². The first-order valence-electron chi connectivity index (χ1n) is 12.0. The van der Waals surface area contributed by atoms with Gasteiger partial charge in [0.05, 0.1) is 22.8 Å². The van der Waals surface area contributed by atoms with Crippen molar-refractivity contribution in [1.82, 2.24) is 14.8 Å². The molecule has 2 fully saturated rings. The number of piperazine rings is 1. The number of fused-ring (bicyclic) bond motifs is 1. The van der Waals surface area contributed by atoms with Crippen molar-refractivity contribution in [3.05, 3.63) is 64.1 Å². The van der Waals surface area contributed by atoms with E-state index in [-0.39, 0.29) is 5.91 Å². The van der Waals surface area contributed by atoms with Gasteiger partial charge in [-0.15, -0.1) is 0 Å². The van der Waals surface area contributed by atoms with E-state index in [2.05, 4.69) is 35.1 Å². The van der Waals surface area contributed by atoms with Crippen LogP contribution in [0.1, 0.15) is 45.6 Å². The molecule has 176 valence electrons. The maximum Gasteiger partial charge on any atom is 0.254 e. The van der Waals surface area contributed by atoms with E-state index < -0.39 is 5.82 Å². The van der Waals surface area contributed by atoms with E-state index in [1.54, 1.807) is 6.07 Å². The molecule has 0 spiro atoms. The zero-order chi connectivity index (χ0) is 23.8. The van der Waals surface area contributed by atoms with Crippen molar-refractivity contribution in [2.24, 2.45) is 5.92 Å². The number of nitrogens with one attached hydrogen (secondary N) is 2. The SMILES string of the molecule is Cc1c(C)n(CC2CC2)c2c(NCc3ccc(F)cc3C#N)cc(C(=O)N3CCNCC3)cc12. The van der Waals surface area contributed by atoms with Crippen molar-refractivity contribution in [3.63, 3.8) is 0 Å². The van der Waals surface area contributed by atoms with Gasteiger partial charge in [-0.3, -0.25) is 4.79 Å². The summed E-state index contributed by atoms with van der Waals surface area (Å²) in [5, 5.41) is 17.3. The number of hydrogen-bond donors (Lipinski definition) is 2. The van der Waals surface area contributed by atoms with Crippen molar-refractivity contribution >= 4 is 22.5 Å². The largest absolute Gasteiger partial charge is 0.379 e. The molecular formula is C27H30FN5O. The van der Waals surface area contributed by atoms with E-state index in [0.717, 1.165) is 41.8 Å². The lowest BCUT2D eigenvalue weighted by molar-refractivity contribution is 0.0736. The Labute approximate surface area is 199 Å². The average molecular weight is 460 g/mol. The molecule has 0 radical (unpaired) electrons. The fraction of sp³-hybridized carbons (Fsp3) is 0.407. The van der Waals surface area contributed by atoms with E-state index in [1.165, 1.54) is 36.2 Å². The summed E-state index contributed by atoms with van der Waals surface area (Å²) in [6.45, 7) is 8.60. The van der Waals surface area contributed by atoms with Gasteiger partial charge in [0.1, 0.15) is 5.82 Å². The van der Waals surface area contributed by atoms with Gasteiger partial charge in [0.2, 0.25) is 0 Å². The highest BCUT2D eigenvalue weighted by Crippen LogP contribution is 2.38. The van der Waals surface area contributed by atoms with Gasteiger partial charge in [0, 0.05) is 55.9 Å². The Bertz CT molecular complexity index is 1290. The van der Waals surface area contributed by atoms with E-state index in [1.807, 2.05) is 17.0 Å². The zero-order valence-corrected chi connectivity index (χ0v) is 19.7. The van der Waals surface area contributed by atoms with E-state index in [0.29, 0.717) is 36.7 Å². The van der Waals surface area contributed by atoms with Gasteiger partial charge in [-0.05, 0) is 68.0 Å². The molecule has 1 saturated heterocycles. The number of nitriles is 1. The number of benzene rings is 2. The number of amides is 1. The highest BCUT2D eigenvalue weighted by atomic mass is 19.1. The van der Waals surface area contributed by atoms with Crippen LogP contribution in [0.15, 0.2) is 30.3 Å². The topological polar surface area (TPSA) is 73.1 Å².